The molecule has 1 aromatic carbocycles. The Kier molecular flexibility index (Phi) is 4.13. The number of allylic oxidation sites excluding steroid dienone is 12. The van der Waals surface area contributed by atoms with Crippen LogP contribution in [0.15, 0.2) is 95.7 Å². The minimum atomic E-state index is 0.515. The average Bonchev–Trinajstić information content (AvgIpc) is 2.72. The fraction of sp³-hybridized carbons (Fsp3) is 0.308. The summed E-state index contributed by atoms with van der Waals surface area (Å²) in [6, 6.07) is 11.1. The van der Waals surface area contributed by atoms with Gasteiger partial charge in [0.2, 0.25) is 0 Å². The first-order valence-corrected chi connectivity index (χ1v) is 10.1. The molecule has 26 heavy (non-hydrogen) atoms. The van der Waals surface area contributed by atoms with Crippen LogP contribution < -0.4 is 0 Å². The third kappa shape index (κ3) is 2.88. The number of benzene rings is 1. The average molecular weight is 338 g/mol. The summed E-state index contributed by atoms with van der Waals surface area (Å²) in [6.45, 7) is 0. The fourth-order valence-electron chi connectivity index (χ4n) is 5.09. The molecule has 3 atom stereocenters. The van der Waals surface area contributed by atoms with Crippen molar-refractivity contribution in [1.29, 1.82) is 0 Å². The number of rotatable bonds is 2. The molecule has 0 spiro atoms. The summed E-state index contributed by atoms with van der Waals surface area (Å²) in [7, 11) is 0. The maximum Gasteiger partial charge on any atom is 0.00587 e. The van der Waals surface area contributed by atoms with Gasteiger partial charge in [-0.3, -0.25) is 0 Å². The van der Waals surface area contributed by atoms with E-state index in [1.807, 2.05) is 0 Å². The van der Waals surface area contributed by atoms with Gasteiger partial charge in [0.15, 0.2) is 0 Å². The Bertz CT molecular complexity index is 870. The summed E-state index contributed by atoms with van der Waals surface area (Å²) in [5, 5.41) is 0. The fourth-order valence-corrected chi connectivity index (χ4v) is 5.09. The Morgan fingerprint density at radius 3 is 2.62 bits per heavy atom. The summed E-state index contributed by atoms with van der Waals surface area (Å²) in [5.74, 6) is 1.98. The molecule has 0 heteroatoms. The predicted octanol–water partition coefficient (Wildman–Crippen LogP) is 6.82. The van der Waals surface area contributed by atoms with Gasteiger partial charge in [-0.2, -0.15) is 0 Å². The first kappa shape index (κ1) is 15.9. The van der Waals surface area contributed by atoms with E-state index in [4.69, 9.17) is 0 Å². The monoisotopic (exact) mass is 338 g/mol. The van der Waals surface area contributed by atoms with Gasteiger partial charge < -0.3 is 0 Å². The highest BCUT2D eigenvalue weighted by atomic mass is 14.4. The topological polar surface area (TPSA) is 0 Å². The molecule has 4 aliphatic rings. The van der Waals surface area contributed by atoms with Crippen LogP contribution in [0.1, 0.15) is 37.7 Å². The molecule has 4 aliphatic carbocycles. The highest BCUT2D eigenvalue weighted by molar-refractivity contribution is 5.75. The van der Waals surface area contributed by atoms with Crippen LogP contribution in [0.3, 0.4) is 0 Å². The molecule has 3 unspecified atom stereocenters. The van der Waals surface area contributed by atoms with Crippen molar-refractivity contribution in [2.24, 2.45) is 17.8 Å². The Labute approximate surface area is 157 Å². The van der Waals surface area contributed by atoms with Gasteiger partial charge in [0, 0.05) is 5.92 Å². The van der Waals surface area contributed by atoms with Gasteiger partial charge in [0.05, 0.1) is 0 Å². The zero-order valence-corrected chi connectivity index (χ0v) is 15.3. The van der Waals surface area contributed by atoms with Crippen LogP contribution in [0, 0.1) is 17.8 Å². The number of hydrogen-bond acceptors (Lipinski definition) is 0. The number of fused-ring (bicyclic) bond motifs is 2. The van der Waals surface area contributed by atoms with Crippen LogP contribution in [0.25, 0.3) is 5.57 Å². The van der Waals surface area contributed by atoms with Gasteiger partial charge >= 0.3 is 0 Å². The van der Waals surface area contributed by atoms with E-state index in [1.165, 1.54) is 36.8 Å². The molecule has 0 saturated carbocycles. The van der Waals surface area contributed by atoms with Gasteiger partial charge in [0.25, 0.3) is 0 Å². The second kappa shape index (κ2) is 6.76. The van der Waals surface area contributed by atoms with Crippen molar-refractivity contribution in [1.82, 2.24) is 0 Å². The van der Waals surface area contributed by atoms with Crippen molar-refractivity contribution in [3.8, 4) is 0 Å². The Morgan fingerprint density at radius 1 is 0.846 bits per heavy atom. The third-order valence-corrected chi connectivity index (χ3v) is 6.46. The van der Waals surface area contributed by atoms with Gasteiger partial charge in [-0.1, -0.05) is 78.9 Å². The summed E-state index contributed by atoms with van der Waals surface area (Å²) < 4.78 is 0. The standard InChI is InChI=1S/C26H26/c1-3-9-19(10-4-1)25-17-23-15-21-13-7-8-14-22(21)16-24(23)18-26(25)20-11-5-2-6-12-20/h1-7,9,11-13,15,17,19,22,24H,8,10,14,16,18H2. The van der Waals surface area contributed by atoms with E-state index in [1.54, 1.807) is 16.7 Å². The molecule has 0 radical (unpaired) electrons. The Hall–Kier alpha value is -2.34. The molecular weight excluding hydrogens is 312 g/mol. The lowest BCUT2D eigenvalue weighted by molar-refractivity contribution is 0.418. The van der Waals surface area contributed by atoms with Gasteiger partial charge in [0.1, 0.15) is 0 Å². The maximum absolute atomic E-state index is 2.54. The van der Waals surface area contributed by atoms with E-state index in [2.05, 4.69) is 78.9 Å². The van der Waals surface area contributed by atoms with E-state index in [9.17, 15) is 0 Å². The summed E-state index contributed by atoms with van der Waals surface area (Å²) in [5.41, 5.74) is 7.67. The third-order valence-electron chi connectivity index (χ3n) is 6.46. The molecule has 0 N–H and O–H groups in total. The minimum absolute atomic E-state index is 0.515. The Balaban J connectivity index is 1.60. The molecule has 5 rings (SSSR count). The number of hydrogen-bond donors (Lipinski definition) is 0. The van der Waals surface area contributed by atoms with E-state index in [-0.39, 0.29) is 0 Å². The maximum atomic E-state index is 2.54. The molecule has 1 aromatic rings. The normalized spacial score (nSPS) is 29.8. The van der Waals surface area contributed by atoms with Crippen LogP contribution in [-0.4, -0.2) is 0 Å². The highest BCUT2D eigenvalue weighted by Gasteiger charge is 2.32. The van der Waals surface area contributed by atoms with Crippen molar-refractivity contribution in [2.75, 3.05) is 0 Å². The second-order valence-corrected chi connectivity index (χ2v) is 8.06. The first-order chi connectivity index (χ1) is 12.9. The van der Waals surface area contributed by atoms with Crippen LogP contribution in [0.4, 0.5) is 0 Å². The van der Waals surface area contributed by atoms with Crippen molar-refractivity contribution in [3.63, 3.8) is 0 Å². The molecule has 0 amide bonds. The van der Waals surface area contributed by atoms with E-state index in [0.29, 0.717) is 11.8 Å². The minimum Gasteiger partial charge on any atom is -0.0842 e. The van der Waals surface area contributed by atoms with Crippen molar-refractivity contribution in [3.05, 3.63) is 101 Å². The highest BCUT2D eigenvalue weighted by Crippen LogP contribution is 2.47. The SMILES string of the molecule is C1=CCC(C2=C(c3ccccc3)CC3CC4CCC=CC4=CC3=C2)C=C1. The summed E-state index contributed by atoms with van der Waals surface area (Å²) in [4.78, 5) is 0. The molecule has 0 aromatic heterocycles. The molecular formula is C26H26. The van der Waals surface area contributed by atoms with Gasteiger partial charge in [-0.25, -0.2) is 0 Å². The molecule has 0 nitrogen and oxygen atoms in total. The van der Waals surface area contributed by atoms with Crippen LogP contribution in [0.2, 0.25) is 0 Å². The van der Waals surface area contributed by atoms with Gasteiger partial charge in [-0.15, -0.1) is 0 Å². The zero-order chi connectivity index (χ0) is 17.3. The van der Waals surface area contributed by atoms with Gasteiger partial charge in [-0.05, 0) is 71.8 Å². The summed E-state index contributed by atoms with van der Waals surface area (Å²) >= 11 is 0. The molecule has 0 aliphatic heterocycles. The molecule has 0 saturated heterocycles. The lowest BCUT2D eigenvalue weighted by Gasteiger charge is -2.37. The van der Waals surface area contributed by atoms with Crippen molar-refractivity contribution in [2.45, 2.75) is 32.1 Å². The zero-order valence-electron chi connectivity index (χ0n) is 15.3. The molecule has 0 bridgehead atoms. The quantitative estimate of drug-likeness (QED) is 0.555. The predicted molar refractivity (Wildman–Crippen MR) is 111 cm³/mol. The molecule has 0 fully saturated rings. The lowest BCUT2D eigenvalue weighted by atomic mass is 9.68. The Morgan fingerprint density at radius 2 is 1.77 bits per heavy atom. The van der Waals surface area contributed by atoms with Crippen molar-refractivity contribution < 1.29 is 0 Å². The summed E-state index contributed by atoms with van der Waals surface area (Å²) in [6.07, 6.45) is 25.1. The largest absolute Gasteiger partial charge is 0.0842 e. The van der Waals surface area contributed by atoms with E-state index in [0.717, 1.165) is 12.3 Å². The van der Waals surface area contributed by atoms with E-state index >= 15 is 0 Å². The first-order valence-electron chi connectivity index (χ1n) is 10.1. The van der Waals surface area contributed by atoms with Crippen LogP contribution in [0.5, 0.6) is 0 Å². The molecule has 0 heterocycles. The van der Waals surface area contributed by atoms with Crippen LogP contribution >= 0.6 is 0 Å². The lowest BCUT2D eigenvalue weighted by Crippen LogP contribution is -2.23. The second-order valence-electron chi connectivity index (χ2n) is 8.06. The van der Waals surface area contributed by atoms with Crippen molar-refractivity contribution >= 4 is 5.57 Å². The van der Waals surface area contributed by atoms with E-state index < -0.39 is 0 Å². The smallest absolute Gasteiger partial charge is 0.00587 e. The molecule has 130 valence electrons. The van der Waals surface area contributed by atoms with Crippen LogP contribution in [-0.2, 0) is 0 Å².